The minimum Gasteiger partial charge on any atom is -0.355 e. The van der Waals surface area contributed by atoms with Crippen molar-refractivity contribution in [3.8, 4) is 0 Å². The standard InChI is InChI=1S/C20H28N4O2S2/c1-21-20(22-11-15-28(25,26)17-8-3-2-4-9-17)23-16-18(19-10-7-14-27-19)24-12-5-6-13-24/h2-4,7-10,14,18H,5-6,11-13,15-16H2,1H3,(H2,21,22,23). The van der Waals surface area contributed by atoms with Crippen LogP contribution in [0, 0.1) is 0 Å². The number of aliphatic imine (C=N–C) groups is 1. The number of hydrogen-bond donors (Lipinski definition) is 2. The Morgan fingerprint density at radius 2 is 1.89 bits per heavy atom. The van der Waals surface area contributed by atoms with Gasteiger partial charge in [0, 0.05) is 25.0 Å². The molecule has 8 heteroatoms. The summed E-state index contributed by atoms with van der Waals surface area (Å²) in [6.45, 7) is 3.28. The van der Waals surface area contributed by atoms with Crippen molar-refractivity contribution < 1.29 is 8.42 Å². The molecular formula is C20H28N4O2S2. The fraction of sp³-hybridized carbons (Fsp3) is 0.450. The lowest BCUT2D eigenvalue weighted by molar-refractivity contribution is 0.249. The molecule has 2 aromatic rings. The zero-order valence-electron chi connectivity index (χ0n) is 16.2. The number of hydrogen-bond acceptors (Lipinski definition) is 5. The molecule has 1 unspecified atom stereocenters. The zero-order valence-corrected chi connectivity index (χ0v) is 17.8. The maximum absolute atomic E-state index is 12.4. The highest BCUT2D eigenvalue weighted by Crippen LogP contribution is 2.27. The molecule has 2 heterocycles. The summed E-state index contributed by atoms with van der Waals surface area (Å²) in [7, 11) is -1.59. The summed E-state index contributed by atoms with van der Waals surface area (Å²) in [5.74, 6) is 0.655. The van der Waals surface area contributed by atoms with Crippen molar-refractivity contribution >= 4 is 27.1 Å². The van der Waals surface area contributed by atoms with Crippen LogP contribution in [0.3, 0.4) is 0 Å². The lowest BCUT2D eigenvalue weighted by atomic mass is 10.2. The molecule has 0 bridgehead atoms. The number of guanidine groups is 1. The van der Waals surface area contributed by atoms with Gasteiger partial charge in [-0.3, -0.25) is 9.89 Å². The highest BCUT2D eigenvalue weighted by molar-refractivity contribution is 7.91. The third-order valence-electron chi connectivity index (χ3n) is 4.91. The van der Waals surface area contributed by atoms with E-state index in [0.717, 1.165) is 19.6 Å². The van der Waals surface area contributed by atoms with E-state index in [1.807, 2.05) is 6.07 Å². The van der Waals surface area contributed by atoms with Crippen LogP contribution >= 0.6 is 11.3 Å². The molecule has 152 valence electrons. The van der Waals surface area contributed by atoms with Crippen LogP contribution in [0.2, 0.25) is 0 Å². The van der Waals surface area contributed by atoms with Gasteiger partial charge in [-0.25, -0.2) is 8.42 Å². The summed E-state index contributed by atoms with van der Waals surface area (Å²) in [5.41, 5.74) is 0. The van der Waals surface area contributed by atoms with Crippen LogP contribution in [0.4, 0.5) is 0 Å². The van der Waals surface area contributed by atoms with Gasteiger partial charge in [-0.1, -0.05) is 24.3 Å². The molecule has 2 N–H and O–H groups in total. The fourth-order valence-corrected chi connectivity index (χ4v) is 5.45. The van der Waals surface area contributed by atoms with Crippen LogP contribution in [0.1, 0.15) is 23.8 Å². The Morgan fingerprint density at radius 3 is 2.54 bits per heavy atom. The van der Waals surface area contributed by atoms with E-state index in [0.29, 0.717) is 23.4 Å². The molecule has 1 aliphatic rings. The molecule has 0 amide bonds. The average Bonchev–Trinajstić information content (AvgIpc) is 3.42. The number of nitrogens with one attached hydrogen (secondary N) is 2. The molecule has 1 aromatic heterocycles. The van der Waals surface area contributed by atoms with Gasteiger partial charge in [0.1, 0.15) is 0 Å². The summed E-state index contributed by atoms with van der Waals surface area (Å²) in [6.07, 6.45) is 2.48. The summed E-state index contributed by atoms with van der Waals surface area (Å²) in [5, 5.41) is 8.61. The van der Waals surface area contributed by atoms with E-state index in [9.17, 15) is 8.42 Å². The molecule has 1 aromatic carbocycles. The first-order valence-corrected chi connectivity index (χ1v) is 12.1. The monoisotopic (exact) mass is 420 g/mol. The first kappa shape index (κ1) is 20.8. The number of thiophene rings is 1. The summed E-state index contributed by atoms with van der Waals surface area (Å²) in [6, 6.07) is 13.1. The van der Waals surface area contributed by atoms with Crippen molar-refractivity contribution in [3.63, 3.8) is 0 Å². The first-order chi connectivity index (χ1) is 13.6. The number of benzene rings is 1. The molecular weight excluding hydrogens is 392 g/mol. The fourth-order valence-electron chi connectivity index (χ4n) is 3.41. The Bertz CT molecular complexity index is 846. The van der Waals surface area contributed by atoms with E-state index in [4.69, 9.17) is 0 Å². The smallest absolute Gasteiger partial charge is 0.191 e. The predicted octanol–water partition coefficient (Wildman–Crippen LogP) is 2.52. The van der Waals surface area contributed by atoms with Crippen LogP contribution in [0.25, 0.3) is 0 Å². The van der Waals surface area contributed by atoms with E-state index in [-0.39, 0.29) is 5.75 Å². The number of rotatable bonds is 8. The first-order valence-electron chi connectivity index (χ1n) is 9.60. The van der Waals surface area contributed by atoms with Gasteiger partial charge in [0.05, 0.1) is 16.7 Å². The van der Waals surface area contributed by atoms with E-state index in [1.165, 1.54) is 17.7 Å². The van der Waals surface area contributed by atoms with Crippen LogP contribution in [-0.2, 0) is 9.84 Å². The highest BCUT2D eigenvalue weighted by Gasteiger charge is 2.24. The van der Waals surface area contributed by atoms with E-state index < -0.39 is 9.84 Å². The van der Waals surface area contributed by atoms with Crippen molar-refractivity contribution in [3.05, 3.63) is 52.7 Å². The van der Waals surface area contributed by atoms with E-state index >= 15 is 0 Å². The molecule has 1 saturated heterocycles. The van der Waals surface area contributed by atoms with E-state index in [1.54, 1.807) is 42.6 Å². The molecule has 0 radical (unpaired) electrons. The normalized spacial score (nSPS) is 16.8. The molecule has 3 rings (SSSR count). The summed E-state index contributed by atoms with van der Waals surface area (Å²) < 4.78 is 24.8. The Balaban J connectivity index is 1.52. The van der Waals surface area contributed by atoms with Crippen LogP contribution in [0.5, 0.6) is 0 Å². The van der Waals surface area contributed by atoms with Crippen molar-refractivity contribution in [2.24, 2.45) is 4.99 Å². The number of sulfone groups is 1. The Labute approximate surface area is 171 Å². The van der Waals surface area contributed by atoms with Gasteiger partial charge in [0.25, 0.3) is 0 Å². The summed E-state index contributed by atoms with van der Waals surface area (Å²) >= 11 is 1.77. The minimum absolute atomic E-state index is 0.0260. The van der Waals surface area contributed by atoms with Gasteiger partial charge in [0.2, 0.25) is 0 Å². The van der Waals surface area contributed by atoms with Crippen molar-refractivity contribution in [1.29, 1.82) is 0 Å². The van der Waals surface area contributed by atoms with Gasteiger partial charge in [-0.2, -0.15) is 0 Å². The quantitative estimate of drug-likeness (QED) is 0.507. The van der Waals surface area contributed by atoms with Crippen LogP contribution < -0.4 is 10.6 Å². The third kappa shape index (κ3) is 5.56. The average molecular weight is 421 g/mol. The zero-order chi connectivity index (χ0) is 19.8. The van der Waals surface area contributed by atoms with Gasteiger partial charge in [-0.05, 0) is 49.5 Å². The van der Waals surface area contributed by atoms with Crippen molar-refractivity contribution in [2.75, 3.05) is 39.0 Å². The molecule has 0 spiro atoms. The maximum atomic E-state index is 12.4. The molecule has 1 aliphatic heterocycles. The molecule has 28 heavy (non-hydrogen) atoms. The number of nitrogens with zero attached hydrogens (tertiary/aromatic N) is 2. The second-order valence-electron chi connectivity index (χ2n) is 6.79. The third-order valence-corrected chi connectivity index (χ3v) is 7.61. The van der Waals surface area contributed by atoms with Crippen LogP contribution in [-0.4, -0.2) is 58.3 Å². The van der Waals surface area contributed by atoms with Gasteiger partial charge >= 0.3 is 0 Å². The maximum Gasteiger partial charge on any atom is 0.191 e. The van der Waals surface area contributed by atoms with E-state index in [2.05, 4.69) is 38.0 Å². The lowest BCUT2D eigenvalue weighted by Crippen LogP contribution is -2.43. The van der Waals surface area contributed by atoms with Crippen LogP contribution in [0.15, 0.2) is 57.7 Å². The number of likely N-dealkylation sites (tertiary alicyclic amines) is 1. The molecule has 1 fully saturated rings. The molecule has 0 saturated carbocycles. The lowest BCUT2D eigenvalue weighted by Gasteiger charge is -2.27. The van der Waals surface area contributed by atoms with Gasteiger partial charge < -0.3 is 10.6 Å². The molecule has 1 atom stereocenters. The largest absolute Gasteiger partial charge is 0.355 e. The Morgan fingerprint density at radius 1 is 1.14 bits per heavy atom. The van der Waals surface area contributed by atoms with Gasteiger partial charge in [0.15, 0.2) is 15.8 Å². The summed E-state index contributed by atoms with van der Waals surface area (Å²) in [4.78, 5) is 8.45. The SMILES string of the molecule is CN=C(NCCS(=O)(=O)c1ccccc1)NCC(c1cccs1)N1CCCC1. The Kier molecular flexibility index (Phi) is 7.47. The topological polar surface area (TPSA) is 73.8 Å². The predicted molar refractivity (Wildman–Crippen MR) is 116 cm³/mol. The molecule has 6 nitrogen and oxygen atoms in total. The molecule has 0 aliphatic carbocycles. The Hall–Kier alpha value is -1.90. The van der Waals surface area contributed by atoms with Crippen molar-refractivity contribution in [1.82, 2.24) is 15.5 Å². The second-order valence-corrected chi connectivity index (χ2v) is 9.87. The minimum atomic E-state index is -3.30. The second kappa shape index (κ2) is 10.0. The highest BCUT2D eigenvalue weighted by atomic mass is 32.2. The van der Waals surface area contributed by atoms with Crippen molar-refractivity contribution in [2.45, 2.75) is 23.8 Å². The van der Waals surface area contributed by atoms with Gasteiger partial charge in [-0.15, -0.1) is 11.3 Å².